The van der Waals surface area contributed by atoms with Gasteiger partial charge in [0.1, 0.15) is 10.8 Å². The number of aryl methyl sites for hydroxylation is 1. The first kappa shape index (κ1) is 25.9. The van der Waals surface area contributed by atoms with Gasteiger partial charge in [-0.3, -0.25) is 19.3 Å². The summed E-state index contributed by atoms with van der Waals surface area (Å²) in [5, 5.41) is 21.6. The monoisotopic (exact) mass is 540 g/mol. The van der Waals surface area contributed by atoms with Crippen LogP contribution in [0, 0.1) is 6.92 Å². The molecule has 5 rings (SSSR count). The second-order valence-electron chi connectivity index (χ2n) is 8.98. The number of thiazole rings is 1. The summed E-state index contributed by atoms with van der Waals surface area (Å²) in [7, 11) is 1.31. The molecule has 4 aromatic rings. The molecular formula is C30H24N2O6S. The minimum atomic E-state index is -0.960. The van der Waals surface area contributed by atoms with Gasteiger partial charge in [-0.25, -0.2) is 4.98 Å². The van der Waals surface area contributed by atoms with Crippen LogP contribution in [0.25, 0.3) is 10.6 Å². The summed E-state index contributed by atoms with van der Waals surface area (Å²) in [6, 6.07) is 21.3. The maximum absolute atomic E-state index is 14.0. The fourth-order valence-electron chi connectivity index (χ4n) is 4.52. The van der Waals surface area contributed by atoms with Crippen molar-refractivity contribution in [3.63, 3.8) is 0 Å². The van der Waals surface area contributed by atoms with Crippen molar-refractivity contribution in [2.45, 2.75) is 19.4 Å². The van der Waals surface area contributed by atoms with Gasteiger partial charge in [-0.2, -0.15) is 0 Å². The van der Waals surface area contributed by atoms with Gasteiger partial charge in [-0.05, 0) is 42.3 Å². The van der Waals surface area contributed by atoms with Gasteiger partial charge < -0.3 is 14.9 Å². The number of hydrogen-bond acceptors (Lipinski definition) is 8. The highest BCUT2D eigenvalue weighted by Gasteiger charge is 2.45. The second-order valence-corrected chi connectivity index (χ2v) is 9.98. The van der Waals surface area contributed by atoms with Crippen molar-refractivity contribution in [3.8, 4) is 16.3 Å². The quantitative estimate of drug-likeness (QED) is 0.241. The van der Waals surface area contributed by atoms with Crippen LogP contribution in [0.15, 0.2) is 90.2 Å². The van der Waals surface area contributed by atoms with E-state index in [-0.39, 0.29) is 17.7 Å². The van der Waals surface area contributed by atoms with Gasteiger partial charge in [0.15, 0.2) is 5.76 Å². The number of aromatic hydroxyl groups is 1. The van der Waals surface area contributed by atoms with Crippen molar-refractivity contribution >= 4 is 34.7 Å². The topological polar surface area (TPSA) is 117 Å². The van der Waals surface area contributed by atoms with Crippen molar-refractivity contribution in [3.05, 3.63) is 112 Å². The number of Topliss-reactive ketones (excluding diaryl/α,β-unsaturated/α-hetero) is 1. The normalized spacial score (nSPS) is 15.1. The van der Waals surface area contributed by atoms with Crippen LogP contribution in [0.3, 0.4) is 0 Å². The standard InChI is InChI=1S/C30H24N2O6S/c1-17-28(39-29(31-17)20-6-4-3-5-7-20)26(35)24-25(19-10-14-22(33)15-11-19)32(30(37)27(24)36)21-12-8-18(9-13-21)16-23(34)38-2/h3-15,25,33,36H,16H2,1-2H3. The average Bonchev–Trinajstić information content (AvgIpc) is 3.47. The number of amides is 1. The Morgan fingerprint density at radius 3 is 2.28 bits per heavy atom. The predicted octanol–water partition coefficient (Wildman–Crippen LogP) is 5.32. The third kappa shape index (κ3) is 4.92. The van der Waals surface area contributed by atoms with Crippen LogP contribution < -0.4 is 4.90 Å². The third-order valence-electron chi connectivity index (χ3n) is 6.48. The van der Waals surface area contributed by atoms with Crippen molar-refractivity contribution in [1.82, 2.24) is 4.98 Å². The van der Waals surface area contributed by atoms with E-state index in [0.29, 0.717) is 32.4 Å². The van der Waals surface area contributed by atoms with Crippen molar-refractivity contribution in [2.24, 2.45) is 0 Å². The van der Waals surface area contributed by atoms with Crippen LogP contribution in [0.4, 0.5) is 5.69 Å². The number of carbonyl (C=O) groups excluding carboxylic acids is 3. The molecule has 0 aliphatic carbocycles. The second kappa shape index (κ2) is 10.5. The molecule has 0 saturated heterocycles. The fourth-order valence-corrected chi connectivity index (χ4v) is 5.55. The van der Waals surface area contributed by atoms with E-state index in [1.807, 2.05) is 30.3 Å². The van der Waals surface area contributed by atoms with E-state index in [4.69, 9.17) is 4.74 Å². The SMILES string of the molecule is COC(=O)Cc1ccc(N2C(=O)C(O)=C(C(=O)c3sc(-c4ccccc4)nc3C)C2c2ccc(O)cc2)cc1. The molecule has 0 fully saturated rings. The van der Waals surface area contributed by atoms with Crippen molar-refractivity contribution in [2.75, 3.05) is 12.0 Å². The molecule has 2 N–H and O–H groups in total. The number of aliphatic hydroxyl groups is 1. The number of aromatic nitrogens is 1. The summed E-state index contributed by atoms with van der Waals surface area (Å²) in [6.07, 6.45) is 0.0632. The van der Waals surface area contributed by atoms with Gasteiger partial charge >= 0.3 is 5.97 Å². The van der Waals surface area contributed by atoms with Crippen LogP contribution in [-0.2, 0) is 20.7 Å². The number of hydrogen-bond donors (Lipinski definition) is 2. The zero-order valence-electron chi connectivity index (χ0n) is 21.1. The average molecular weight is 541 g/mol. The summed E-state index contributed by atoms with van der Waals surface area (Å²) in [4.78, 5) is 45.3. The number of ketones is 1. The molecule has 3 aromatic carbocycles. The van der Waals surface area contributed by atoms with Crippen LogP contribution in [0.5, 0.6) is 5.75 Å². The van der Waals surface area contributed by atoms with Crippen molar-refractivity contribution in [1.29, 1.82) is 0 Å². The Bertz CT molecular complexity index is 1590. The summed E-state index contributed by atoms with van der Waals surface area (Å²) in [5.41, 5.74) is 2.90. The predicted molar refractivity (Wildman–Crippen MR) is 147 cm³/mol. The molecule has 1 aromatic heterocycles. The van der Waals surface area contributed by atoms with Gasteiger partial charge in [0, 0.05) is 11.3 Å². The first-order valence-electron chi connectivity index (χ1n) is 12.1. The number of ether oxygens (including phenoxy) is 1. The summed E-state index contributed by atoms with van der Waals surface area (Å²) < 4.78 is 4.72. The van der Waals surface area contributed by atoms with E-state index in [1.54, 1.807) is 43.3 Å². The zero-order chi connectivity index (χ0) is 27.7. The molecule has 1 amide bonds. The smallest absolute Gasteiger partial charge is 0.309 e. The number of aliphatic hydroxyl groups excluding tert-OH is 1. The number of carbonyl (C=O) groups is 3. The maximum atomic E-state index is 14.0. The Kier molecular flexibility index (Phi) is 7.00. The van der Waals surface area contributed by atoms with E-state index in [1.165, 1.54) is 35.5 Å². The highest BCUT2D eigenvalue weighted by Crippen LogP contribution is 2.43. The number of phenols is 1. The molecule has 1 aliphatic rings. The lowest BCUT2D eigenvalue weighted by Gasteiger charge is -2.27. The molecule has 0 spiro atoms. The molecule has 2 heterocycles. The molecule has 0 saturated carbocycles. The van der Waals surface area contributed by atoms with E-state index in [9.17, 15) is 24.6 Å². The first-order chi connectivity index (χ1) is 18.8. The number of rotatable bonds is 7. The molecule has 1 atom stereocenters. The Balaban J connectivity index is 1.57. The fraction of sp³-hybridized carbons (Fsp3) is 0.133. The van der Waals surface area contributed by atoms with Crippen LogP contribution in [0.2, 0.25) is 0 Å². The van der Waals surface area contributed by atoms with Gasteiger partial charge in [-0.1, -0.05) is 54.6 Å². The number of esters is 1. The number of anilines is 1. The van der Waals surface area contributed by atoms with E-state index < -0.39 is 29.5 Å². The van der Waals surface area contributed by atoms with Crippen LogP contribution in [-0.4, -0.2) is 40.0 Å². The Morgan fingerprint density at radius 1 is 0.974 bits per heavy atom. The molecule has 1 aliphatic heterocycles. The summed E-state index contributed by atoms with van der Waals surface area (Å²) in [5.74, 6) is -2.26. The van der Waals surface area contributed by atoms with Crippen molar-refractivity contribution < 1.29 is 29.3 Å². The number of nitrogens with zero attached hydrogens (tertiary/aromatic N) is 2. The largest absolute Gasteiger partial charge is 0.508 e. The summed E-state index contributed by atoms with van der Waals surface area (Å²) >= 11 is 1.20. The number of phenolic OH excluding ortho intramolecular Hbond substituents is 1. The molecule has 196 valence electrons. The van der Waals surface area contributed by atoms with Gasteiger partial charge in [0.25, 0.3) is 5.91 Å². The van der Waals surface area contributed by atoms with Gasteiger partial charge in [0.05, 0.1) is 35.7 Å². The van der Waals surface area contributed by atoms with Crippen LogP contribution >= 0.6 is 11.3 Å². The molecule has 39 heavy (non-hydrogen) atoms. The Labute approximate surface area is 228 Å². The minimum absolute atomic E-state index is 0.0219. The van der Waals surface area contributed by atoms with Gasteiger partial charge in [0.2, 0.25) is 5.78 Å². The van der Waals surface area contributed by atoms with Gasteiger partial charge in [-0.15, -0.1) is 11.3 Å². The maximum Gasteiger partial charge on any atom is 0.309 e. The van der Waals surface area contributed by atoms with Crippen LogP contribution in [0.1, 0.15) is 32.5 Å². The van der Waals surface area contributed by atoms with E-state index in [0.717, 1.165) is 5.56 Å². The van der Waals surface area contributed by atoms with E-state index >= 15 is 0 Å². The molecular weight excluding hydrogens is 516 g/mol. The third-order valence-corrected chi connectivity index (χ3v) is 7.68. The zero-order valence-corrected chi connectivity index (χ0v) is 21.9. The highest BCUT2D eigenvalue weighted by atomic mass is 32.1. The Morgan fingerprint density at radius 2 is 1.64 bits per heavy atom. The lowest BCUT2D eigenvalue weighted by atomic mass is 9.94. The summed E-state index contributed by atoms with van der Waals surface area (Å²) in [6.45, 7) is 1.72. The molecule has 0 radical (unpaired) electrons. The molecule has 8 nitrogen and oxygen atoms in total. The lowest BCUT2D eigenvalue weighted by Crippen LogP contribution is -2.31. The molecule has 9 heteroatoms. The number of methoxy groups -OCH3 is 1. The Hall–Kier alpha value is -4.76. The molecule has 0 bridgehead atoms. The highest BCUT2D eigenvalue weighted by molar-refractivity contribution is 7.17. The number of benzene rings is 3. The lowest BCUT2D eigenvalue weighted by molar-refractivity contribution is -0.139. The first-order valence-corrected chi connectivity index (χ1v) is 12.9. The van der Waals surface area contributed by atoms with E-state index in [2.05, 4.69) is 4.98 Å². The molecule has 1 unspecified atom stereocenters. The minimum Gasteiger partial charge on any atom is -0.508 e.